The molecule has 192 valence electrons. The number of carbonyl (C=O) groups excluding carboxylic acids is 1. The lowest BCUT2D eigenvalue weighted by Gasteiger charge is -2.22. The molecule has 37 heavy (non-hydrogen) atoms. The quantitative estimate of drug-likeness (QED) is 0.236. The van der Waals surface area contributed by atoms with Gasteiger partial charge in [0.15, 0.2) is 5.13 Å². The first-order chi connectivity index (χ1) is 17.5. The number of hydrogen-bond donors (Lipinski definition) is 3. The van der Waals surface area contributed by atoms with E-state index < -0.39 is 40.3 Å². The maximum atomic E-state index is 12.9. The van der Waals surface area contributed by atoms with Crippen LogP contribution in [0, 0.1) is 0 Å². The highest BCUT2D eigenvalue weighted by molar-refractivity contribution is 8.26. The molecule has 0 saturated carbocycles. The Morgan fingerprint density at radius 3 is 2.54 bits per heavy atom. The van der Waals surface area contributed by atoms with Crippen molar-refractivity contribution in [1.29, 1.82) is 0 Å². The van der Waals surface area contributed by atoms with Crippen LogP contribution >= 0.6 is 35.3 Å². The number of thiocarbonyl (C=S) groups is 1. The fourth-order valence-electron chi connectivity index (χ4n) is 3.33. The number of aromatic nitrogens is 1. The van der Waals surface area contributed by atoms with E-state index in [2.05, 4.69) is 9.71 Å². The molecule has 1 aromatic carbocycles. The van der Waals surface area contributed by atoms with Crippen molar-refractivity contribution in [2.75, 3.05) is 4.72 Å². The molecule has 11 nitrogen and oxygen atoms in total. The highest BCUT2D eigenvalue weighted by Gasteiger charge is 2.40. The number of carboxylic acid groups (broad SMARTS) is 2. The molecule has 1 saturated heterocycles. The SMILES string of the molecule is O=C(O)CCC(C(=O)O)N1C(=O)/C(=C/c2ccc(-c3ccc(S(=O)(=O)Nc4nccs4)cc3)o2)SC1=S. The van der Waals surface area contributed by atoms with E-state index in [1.807, 2.05) is 0 Å². The van der Waals surface area contributed by atoms with Gasteiger partial charge in [0.1, 0.15) is 21.9 Å². The summed E-state index contributed by atoms with van der Waals surface area (Å²) in [4.78, 5) is 40.3. The van der Waals surface area contributed by atoms with Crippen molar-refractivity contribution < 1.29 is 37.4 Å². The van der Waals surface area contributed by atoms with Gasteiger partial charge in [-0.05, 0) is 42.8 Å². The van der Waals surface area contributed by atoms with E-state index in [1.54, 1.807) is 29.6 Å². The van der Waals surface area contributed by atoms with Crippen molar-refractivity contribution in [2.24, 2.45) is 0 Å². The molecular formula is C22H17N3O8S4. The number of aliphatic carboxylic acids is 2. The van der Waals surface area contributed by atoms with Crippen molar-refractivity contribution in [3.63, 3.8) is 0 Å². The maximum Gasteiger partial charge on any atom is 0.326 e. The van der Waals surface area contributed by atoms with Gasteiger partial charge in [0, 0.05) is 29.6 Å². The lowest BCUT2D eigenvalue weighted by molar-refractivity contribution is -0.146. The Balaban J connectivity index is 1.50. The Morgan fingerprint density at radius 2 is 1.92 bits per heavy atom. The molecule has 0 radical (unpaired) electrons. The number of amides is 1. The van der Waals surface area contributed by atoms with E-state index in [-0.39, 0.29) is 31.4 Å². The number of carbonyl (C=O) groups is 3. The minimum absolute atomic E-state index is 0.00368. The second kappa shape index (κ2) is 10.8. The van der Waals surface area contributed by atoms with Crippen LogP contribution in [-0.2, 0) is 24.4 Å². The van der Waals surface area contributed by atoms with E-state index in [0.717, 1.165) is 28.0 Å². The number of benzene rings is 1. The first-order valence-corrected chi connectivity index (χ1v) is 14.0. The lowest BCUT2D eigenvalue weighted by Crippen LogP contribution is -2.44. The summed E-state index contributed by atoms with van der Waals surface area (Å²) in [5, 5.41) is 20.3. The highest BCUT2D eigenvalue weighted by atomic mass is 32.2. The molecule has 3 N–H and O–H groups in total. The largest absolute Gasteiger partial charge is 0.481 e. The van der Waals surface area contributed by atoms with Crippen LogP contribution in [0.1, 0.15) is 18.6 Å². The highest BCUT2D eigenvalue weighted by Crippen LogP contribution is 2.36. The predicted octanol–water partition coefficient (Wildman–Crippen LogP) is 3.72. The number of sulfonamides is 1. The third-order valence-electron chi connectivity index (χ3n) is 5.06. The number of thiazole rings is 1. The molecule has 1 atom stereocenters. The number of furan rings is 1. The van der Waals surface area contributed by atoms with E-state index in [4.69, 9.17) is 21.7 Å². The number of nitrogens with zero attached hydrogens (tertiary/aromatic N) is 2. The first kappa shape index (κ1) is 26.5. The number of thioether (sulfide) groups is 1. The Kier molecular flexibility index (Phi) is 7.77. The molecular weight excluding hydrogens is 563 g/mol. The zero-order valence-corrected chi connectivity index (χ0v) is 21.8. The summed E-state index contributed by atoms with van der Waals surface area (Å²) in [6.07, 6.45) is 2.17. The average Bonchev–Trinajstić information content (AvgIpc) is 3.57. The molecule has 1 unspecified atom stereocenters. The number of carboxylic acids is 2. The topological polar surface area (TPSA) is 167 Å². The second-order valence-electron chi connectivity index (χ2n) is 7.51. The zero-order valence-electron chi connectivity index (χ0n) is 18.6. The molecule has 0 spiro atoms. The van der Waals surface area contributed by atoms with Gasteiger partial charge < -0.3 is 14.6 Å². The summed E-state index contributed by atoms with van der Waals surface area (Å²) in [6.45, 7) is 0. The molecule has 0 aliphatic carbocycles. The molecule has 1 amide bonds. The van der Waals surface area contributed by atoms with Gasteiger partial charge in [-0.3, -0.25) is 19.2 Å². The van der Waals surface area contributed by atoms with Crippen LogP contribution in [0.3, 0.4) is 0 Å². The third kappa shape index (κ3) is 6.07. The molecule has 15 heteroatoms. The van der Waals surface area contributed by atoms with E-state index in [9.17, 15) is 27.9 Å². The van der Waals surface area contributed by atoms with Crippen molar-refractivity contribution in [3.8, 4) is 11.3 Å². The summed E-state index contributed by atoms with van der Waals surface area (Å²) in [5.41, 5.74) is 0.583. The van der Waals surface area contributed by atoms with Gasteiger partial charge in [0.05, 0.1) is 9.80 Å². The van der Waals surface area contributed by atoms with Crippen LogP contribution in [0.5, 0.6) is 0 Å². The normalized spacial score (nSPS) is 15.8. The monoisotopic (exact) mass is 579 g/mol. The van der Waals surface area contributed by atoms with E-state index in [1.165, 1.54) is 24.4 Å². The minimum atomic E-state index is -3.81. The van der Waals surface area contributed by atoms with Gasteiger partial charge in [0.25, 0.3) is 15.9 Å². The molecule has 1 aliphatic heterocycles. The molecule has 2 aromatic heterocycles. The van der Waals surface area contributed by atoms with Crippen LogP contribution in [0.25, 0.3) is 17.4 Å². The summed E-state index contributed by atoms with van der Waals surface area (Å²) in [5.74, 6) is -2.50. The minimum Gasteiger partial charge on any atom is -0.481 e. The predicted molar refractivity (Wildman–Crippen MR) is 140 cm³/mol. The Bertz CT molecular complexity index is 1490. The fraction of sp³-hybridized carbons (Fsp3) is 0.136. The standard InChI is InChI=1S/C22H17N3O8S4/c26-18(27)8-6-15(20(29)30)25-19(28)17(36-22(25)34)11-13-3-7-16(33-13)12-1-4-14(5-2-12)37(31,32)24-21-23-9-10-35-21/h1-5,7,9-11,15H,6,8H2,(H,23,24)(H,26,27)(H,29,30)/b17-11-. The van der Waals surface area contributed by atoms with Gasteiger partial charge in [-0.2, -0.15) is 0 Å². The average molecular weight is 580 g/mol. The van der Waals surface area contributed by atoms with Crippen molar-refractivity contribution in [2.45, 2.75) is 23.8 Å². The summed E-state index contributed by atoms with van der Waals surface area (Å²) >= 11 is 7.22. The molecule has 4 rings (SSSR count). The van der Waals surface area contributed by atoms with Crippen LogP contribution in [-0.4, -0.2) is 56.7 Å². The maximum absolute atomic E-state index is 12.9. The second-order valence-corrected chi connectivity index (χ2v) is 11.8. The summed E-state index contributed by atoms with van der Waals surface area (Å²) in [6, 6.07) is 7.80. The van der Waals surface area contributed by atoms with Crippen LogP contribution < -0.4 is 4.72 Å². The van der Waals surface area contributed by atoms with Crippen molar-refractivity contribution in [3.05, 3.63) is 58.6 Å². The molecule has 0 bridgehead atoms. The smallest absolute Gasteiger partial charge is 0.326 e. The number of hydrogen-bond acceptors (Lipinski definition) is 10. The summed E-state index contributed by atoms with van der Waals surface area (Å²) in [7, 11) is -3.81. The van der Waals surface area contributed by atoms with E-state index in [0.29, 0.717) is 11.3 Å². The Hall–Kier alpha value is -3.53. The molecule has 1 fully saturated rings. The van der Waals surface area contributed by atoms with Gasteiger partial charge in [0.2, 0.25) is 0 Å². The van der Waals surface area contributed by atoms with Gasteiger partial charge in [-0.15, -0.1) is 11.3 Å². The van der Waals surface area contributed by atoms with Crippen LogP contribution in [0.4, 0.5) is 5.13 Å². The van der Waals surface area contributed by atoms with Crippen LogP contribution in [0.15, 0.2) is 62.2 Å². The number of nitrogens with one attached hydrogen (secondary N) is 1. The Morgan fingerprint density at radius 1 is 1.19 bits per heavy atom. The van der Waals surface area contributed by atoms with Gasteiger partial charge in [-0.25, -0.2) is 18.2 Å². The first-order valence-electron chi connectivity index (χ1n) is 10.4. The fourth-order valence-corrected chi connectivity index (χ4v) is 6.46. The molecule has 3 aromatic rings. The zero-order chi connectivity index (χ0) is 26.7. The Labute approximate surface area is 223 Å². The number of rotatable bonds is 10. The number of anilines is 1. The summed E-state index contributed by atoms with van der Waals surface area (Å²) < 4.78 is 33.2. The lowest BCUT2D eigenvalue weighted by atomic mass is 10.1. The van der Waals surface area contributed by atoms with Gasteiger partial charge >= 0.3 is 11.9 Å². The van der Waals surface area contributed by atoms with Crippen molar-refractivity contribution in [1.82, 2.24) is 9.88 Å². The van der Waals surface area contributed by atoms with E-state index >= 15 is 0 Å². The molecule has 1 aliphatic rings. The van der Waals surface area contributed by atoms with Crippen molar-refractivity contribution >= 4 is 78.7 Å². The third-order valence-corrected chi connectivity index (χ3v) is 8.56. The van der Waals surface area contributed by atoms with Gasteiger partial charge in [-0.1, -0.05) is 24.0 Å². The molecule has 3 heterocycles. The van der Waals surface area contributed by atoms with Crippen LogP contribution in [0.2, 0.25) is 0 Å².